The molecule has 0 fully saturated rings. The van der Waals surface area contributed by atoms with Gasteiger partial charge in [-0.3, -0.25) is 4.99 Å². The molecule has 0 aliphatic carbocycles. The number of halogens is 2. The quantitative estimate of drug-likeness (QED) is 0.493. The molecule has 156 valence electrons. The standard InChI is InChI=1S/C26H28F2N2/c1-6-8-21-23(22-11-9-17(5)25(27)26(22)28)14-30-24(21)15-29-19-10-12-20(16(3)4)18(7-2)13-19/h6,8-14,21,29H,3,7,15H2,1-2,4-5H3/b8-6-. The first-order chi connectivity index (χ1) is 14.4. The van der Waals surface area contributed by atoms with E-state index in [9.17, 15) is 8.78 Å². The van der Waals surface area contributed by atoms with Gasteiger partial charge in [0.2, 0.25) is 0 Å². The normalized spacial score (nSPS) is 16.0. The van der Waals surface area contributed by atoms with Crippen molar-refractivity contribution in [3.63, 3.8) is 0 Å². The van der Waals surface area contributed by atoms with Gasteiger partial charge in [-0.15, -0.1) is 0 Å². The van der Waals surface area contributed by atoms with E-state index in [-0.39, 0.29) is 11.5 Å². The van der Waals surface area contributed by atoms with E-state index in [1.165, 1.54) is 11.1 Å². The van der Waals surface area contributed by atoms with E-state index in [1.807, 2.05) is 32.1 Å². The minimum absolute atomic E-state index is 0.195. The van der Waals surface area contributed by atoms with Gasteiger partial charge in [0.1, 0.15) is 0 Å². The Hall–Kier alpha value is -3.01. The second-order valence-electron chi connectivity index (χ2n) is 7.63. The Morgan fingerprint density at radius 3 is 2.63 bits per heavy atom. The van der Waals surface area contributed by atoms with Gasteiger partial charge in [-0.2, -0.15) is 0 Å². The summed E-state index contributed by atoms with van der Waals surface area (Å²) in [6.45, 7) is 12.2. The van der Waals surface area contributed by atoms with Crippen molar-refractivity contribution in [2.24, 2.45) is 10.9 Å². The molecule has 1 atom stereocenters. The van der Waals surface area contributed by atoms with Gasteiger partial charge in [0.05, 0.1) is 6.54 Å². The number of anilines is 1. The van der Waals surface area contributed by atoms with E-state index in [0.717, 1.165) is 23.4 Å². The molecule has 0 saturated heterocycles. The maximum absolute atomic E-state index is 14.6. The van der Waals surface area contributed by atoms with Crippen LogP contribution in [0.25, 0.3) is 11.1 Å². The Morgan fingerprint density at radius 1 is 1.20 bits per heavy atom. The highest BCUT2D eigenvalue weighted by molar-refractivity contribution is 6.04. The van der Waals surface area contributed by atoms with Crippen LogP contribution in [0.15, 0.2) is 60.3 Å². The monoisotopic (exact) mass is 406 g/mol. The van der Waals surface area contributed by atoms with Crippen LogP contribution in [0.3, 0.4) is 0 Å². The van der Waals surface area contributed by atoms with Crippen molar-refractivity contribution in [3.8, 4) is 0 Å². The van der Waals surface area contributed by atoms with Crippen molar-refractivity contribution in [3.05, 3.63) is 89.2 Å². The summed E-state index contributed by atoms with van der Waals surface area (Å²) < 4.78 is 28.7. The third-order valence-electron chi connectivity index (χ3n) is 5.45. The Kier molecular flexibility index (Phi) is 6.66. The maximum Gasteiger partial charge on any atom is 0.166 e. The molecule has 1 heterocycles. The van der Waals surface area contributed by atoms with Crippen LogP contribution in [-0.2, 0) is 6.42 Å². The van der Waals surface area contributed by atoms with Gasteiger partial charge in [0.25, 0.3) is 0 Å². The number of hydrogen-bond donors (Lipinski definition) is 1. The highest BCUT2D eigenvalue weighted by atomic mass is 19.2. The van der Waals surface area contributed by atoms with Crippen LogP contribution in [0.4, 0.5) is 14.5 Å². The van der Waals surface area contributed by atoms with Crippen molar-refractivity contribution < 1.29 is 8.78 Å². The molecular formula is C26H28F2N2. The zero-order valence-corrected chi connectivity index (χ0v) is 18.0. The first kappa shape index (κ1) is 21.7. The Balaban J connectivity index is 1.80. The van der Waals surface area contributed by atoms with E-state index in [1.54, 1.807) is 25.3 Å². The van der Waals surface area contributed by atoms with Crippen LogP contribution in [0.5, 0.6) is 0 Å². The second kappa shape index (κ2) is 9.21. The van der Waals surface area contributed by atoms with Gasteiger partial charge in [-0.1, -0.05) is 49.4 Å². The molecule has 0 spiro atoms. The van der Waals surface area contributed by atoms with Crippen LogP contribution in [-0.4, -0.2) is 12.3 Å². The molecule has 3 rings (SSSR count). The average Bonchev–Trinajstić information content (AvgIpc) is 3.13. The zero-order valence-electron chi connectivity index (χ0n) is 18.0. The second-order valence-corrected chi connectivity index (χ2v) is 7.63. The van der Waals surface area contributed by atoms with Crippen molar-refractivity contribution in [2.75, 3.05) is 11.9 Å². The molecule has 1 aliphatic rings. The summed E-state index contributed by atoms with van der Waals surface area (Å²) in [7, 11) is 0. The lowest BCUT2D eigenvalue weighted by Gasteiger charge is -2.17. The highest BCUT2D eigenvalue weighted by Gasteiger charge is 2.27. The number of aliphatic imine (C=N–C) groups is 1. The van der Waals surface area contributed by atoms with Crippen LogP contribution >= 0.6 is 0 Å². The molecule has 0 saturated carbocycles. The fourth-order valence-corrected chi connectivity index (χ4v) is 3.77. The number of nitrogens with one attached hydrogen (secondary N) is 1. The van der Waals surface area contributed by atoms with Gasteiger partial charge in [-0.25, -0.2) is 8.78 Å². The van der Waals surface area contributed by atoms with Crippen molar-refractivity contribution in [1.82, 2.24) is 0 Å². The van der Waals surface area contributed by atoms with Crippen molar-refractivity contribution in [2.45, 2.75) is 34.1 Å². The number of benzene rings is 2. The molecule has 2 nitrogen and oxygen atoms in total. The molecule has 1 aliphatic heterocycles. The molecule has 0 radical (unpaired) electrons. The largest absolute Gasteiger partial charge is 0.380 e. The number of aryl methyl sites for hydroxylation is 2. The number of nitrogens with zero attached hydrogens (tertiary/aromatic N) is 1. The fraction of sp³-hybridized carbons (Fsp3) is 0.269. The van der Waals surface area contributed by atoms with E-state index in [2.05, 4.69) is 35.9 Å². The Bertz CT molecular complexity index is 1060. The first-order valence-corrected chi connectivity index (χ1v) is 10.2. The van der Waals surface area contributed by atoms with Crippen LogP contribution in [0.1, 0.15) is 43.0 Å². The number of allylic oxidation sites excluding steroid dienone is 4. The number of rotatable bonds is 7. The highest BCUT2D eigenvalue weighted by Crippen LogP contribution is 2.34. The fourth-order valence-electron chi connectivity index (χ4n) is 3.77. The summed E-state index contributed by atoms with van der Waals surface area (Å²) >= 11 is 0. The van der Waals surface area contributed by atoms with E-state index in [0.29, 0.717) is 17.7 Å². The third-order valence-corrected chi connectivity index (χ3v) is 5.45. The van der Waals surface area contributed by atoms with Crippen molar-refractivity contribution in [1.29, 1.82) is 0 Å². The van der Waals surface area contributed by atoms with Gasteiger partial charge >= 0.3 is 0 Å². The first-order valence-electron chi connectivity index (χ1n) is 10.2. The predicted octanol–water partition coefficient (Wildman–Crippen LogP) is 6.97. The molecule has 0 bridgehead atoms. The molecule has 2 aromatic rings. The molecular weight excluding hydrogens is 378 g/mol. The lowest BCUT2D eigenvalue weighted by atomic mass is 9.89. The minimum Gasteiger partial charge on any atom is -0.380 e. The topological polar surface area (TPSA) is 24.4 Å². The average molecular weight is 407 g/mol. The lowest BCUT2D eigenvalue weighted by molar-refractivity contribution is 0.500. The molecule has 4 heteroatoms. The third kappa shape index (κ3) is 4.28. The molecule has 1 unspecified atom stereocenters. The summed E-state index contributed by atoms with van der Waals surface area (Å²) in [5.74, 6) is -1.81. The van der Waals surface area contributed by atoms with Crippen LogP contribution in [0.2, 0.25) is 0 Å². The Morgan fingerprint density at radius 2 is 1.97 bits per heavy atom. The van der Waals surface area contributed by atoms with Crippen LogP contribution < -0.4 is 5.32 Å². The minimum atomic E-state index is -0.817. The van der Waals surface area contributed by atoms with Crippen LogP contribution in [0, 0.1) is 24.5 Å². The van der Waals surface area contributed by atoms with Gasteiger partial charge < -0.3 is 5.32 Å². The predicted molar refractivity (Wildman–Crippen MR) is 124 cm³/mol. The summed E-state index contributed by atoms with van der Waals surface area (Å²) in [5.41, 5.74) is 6.56. The zero-order chi connectivity index (χ0) is 21.8. The Labute approximate surface area is 177 Å². The van der Waals surface area contributed by atoms with E-state index < -0.39 is 11.6 Å². The van der Waals surface area contributed by atoms with Gasteiger partial charge in [0.15, 0.2) is 11.6 Å². The summed E-state index contributed by atoms with van der Waals surface area (Å²) in [5, 5.41) is 3.43. The van der Waals surface area contributed by atoms with Gasteiger partial charge in [-0.05, 0) is 61.6 Å². The number of hydrogen-bond acceptors (Lipinski definition) is 2. The van der Waals surface area contributed by atoms with Crippen molar-refractivity contribution >= 4 is 22.5 Å². The molecule has 0 amide bonds. The summed E-state index contributed by atoms with van der Waals surface area (Å²) in [4.78, 5) is 4.53. The summed E-state index contributed by atoms with van der Waals surface area (Å²) in [6.07, 6.45) is 6.46. The van der Waals surface area contributed by atoms with E-state index in [4.69, 9.17) is 0 Å². The summed E-state index contributed by atoms with van der Waals surface area (Å²) in [6, 6.07) is 9.48. The molecule has 0 aromatic heterocycles. The molecule has 30 heavy (non-hydrogen) atoms. The smallest absolute Gasteiger partial charge is 0.166 e. The molecule has 2 aromatic carbocycles. The molecule has 1 N–H and O–H groups in total. The maximum atomic E-state index is 14.6. The van der Waals surface area contributed by atoms with Gasteiger partial charge in [0, 0.05) is 29.1 Å². The SMILES string of the molecule is C=C(C)c1ccc(NCC2=NC=C(c3ccc(C)c(F)c3F)C2/C=C\C)cc1CC. The van der Waals surface area contributed by atoms with E-state index >= 15 is 0 Å². The lowest BCUT2D eigenvalue weighted by Crippen LogP contribution is -2.21.